The van der Waals surface area contributed by atoms with Crippen LogP contribution in [0.2, 0.25) is 0 Å². The number of nitrogens with zero attached hydrogens (tertiary/aromatic N) is 3. The van der Waals surface area contributed by atoms with E-state index in [4.69, 9.17) is 4.74 Å². The maximum absolute atomic E-state index is 11.8. The van der Waals surface area contributed by atoms with Crippen LogP contribution < -0.4 is 15.5 Å². The third-order valence-corrected chi connectivity index (χ3v) is 6.49. The minimum atomic E-state index is -2.92. The van der Waals surface area contributed by atoms with Gasteiger partial charge in [-0.25, -0.2) is 13.4 Å². The molecule has 1 unspecified atom stereocenters. The van der Waals surface area contributed by atoms with Crippen molar-refractivity contribution in [1.29, 1.82) is 0 Å². The van der Waals surface area contributed by atoms with E-state index in [0.717, 1.165) is 25.2 Å². The Labute approximate surface area is 142 Å². The van der Waals surface area contributed by atoms with Gasteiger partial charge in [0.2, 0.25) is 5.95 Å². The second-order valence-electron chi connectivity index (χ2n) is 6.39. The van der Waals surface area contributed by atoms with Crippen LogP contribution >= 0.6 is 0 Å². The molecular weight excluding hydrogens is 330 g/mol. The summed E-state index contributed by atoms with van der Waals surface area (Å²) in [5.74, 6) is 1.95. The fraction of sp³-hybridized carbons (Fsp3) is 0.733. The Hall–Kier alpha value is -1.45. The molecule has 0 aromatic carbocycles. The van der Waals surface area contributed by atoms with Gasteiger partial charge in [-0.3, -0.25) is 0 Å². The molecule has 3 heterocycles. The van der Waals surface area contributed by atoms with E-state index in [1.165, 1.54) is 0 Å². The fourth-order valence-electron chi connectivity index (χ4n) is 3.46. The molecule has 2 fully saturated rings. The molecule has 3 atom stereocenters. The van der Waals surface area contributed by atoms with Crippen LogP contribution in [0.5, 0.6) is 0 Å². The average molecular weight is 355 g/mol. The predicted octanol–water partition coefficient (Wildman–Crippen LogP) is -0.111. The second-order valence-corrected chi connectivity index (χ2v) is 8.62. The zero-order chi connectivity index (χ0) is 17.2. The van der Waals surface area contributed by atoms with Crippen molar-refractivity contribution in [2.24, 2.45) is 0 Å². The molecular formula is C15H25N5O3S. The number of sulfone groups is 1. The first-order valence-corrected chi connectivity index (χ1v) is 10.1. The molecule has 8 nitrogen and oxygen atoms in total. The van der Waals surface area contributed by atoms with Gasteiger partial charge in [-0.15, -0.1) is 0 Å². The molecule has 134 valence electrons. The Morgan fingerprint density at radius 2 is 2.21 bits per heavy atom. The van der Waals surface area contributed by atoms with Crippen molar-refractivity contribution in [2.45, 2.75) is 31.0 Å². The van der Waals surface area contributed by atoms with Gasteiger partial charge in [-0.05, 0) is 18.9 Å². The highest BCUT2D eigenvalue weighted by molar-refractivity contribution is 7.91. The molecule has 2 saturated heterocycles. The molecule has 1 aromatic heterocycles. The number of hydrogen-bond acceptors (Lipinski definition) is 8. The number of aromatic nitrogens is 2. The molecule has 2 aliphatic rings. The van der Waals surface area contributed by atoms with E-state index in [0.29, 0.717) is 18.2 Å². The minimum Gasteiger partial charge on any atom is -0.378 e. The fourth-order valence-corrected chi connectivity index (χ4v) is 5.11. The first-order chi connectivity index (χ1) is 11.5. The second kappa shape index (κ2) is 7.20. The number of hydrogen-bond donors (Lipinski definition) is 2. The standard InChI is InChI=1S/C15H25N5O3S/c1-16-15-17-6-5-14(19-15)20-8-12(13(9-20)23-2)18-11-4-3-7-24(21,22)10-11/h5-6,11-13,18H,3-4,7-10H2,1-2H3,(H,16,17,19)/t11?,12-,13+/m1/s1. The minimum absolute atomic E-state index is 0.00244. The van der Waals surface area contributed by atoms with Crippen LogP contribution in [0.3, 0.4) is 0 Å². The summed E-state index contributed by atoms with van der Waals surface area (Å²) >= 11 is 0. The van der Waals surface area contributed by atoms with Crippen LogP contribution in [0.4, 0.5) is 11.8 Å². The Kier molecular flexibility index (Phi) is 5.21. The van der Waals surface area contributed by atoms with Crippen LogP contribution in [-0.4, -0.2) is 75.3 Å². The lowest BCUT2D eigenvalue weighted by molar-refractivity contribution is 0.0934. The van der Waals surface area contributed by atoms with E-state index >= 15 is 0 Å². The molecule has 2 N–H and O–H groups in total. The van der Waals surface area contributed by atoms with E-state index in [1.54, 1.807) is 20.4 Å². The number of nitrogens with one attached hydrogen (secondary N) is 2. The molecule has 0 aliphatic carbocycles. The average Bonchev–Trinajstić information content (AvgIpc) is 2.97. The lowest BCUT2D eigenvalue weighted by Crippen LogP contribution is -2.50. The van der Waals surface area contributed by atoms with Crippen LogP contribution in [0, 0.1) is 0 Å². The number of methoxy groups -OCH3 is 1. The number of rotatable bonds is 5. The Balaban J connectivity index is 1.68. The number of ether oxygens (including phenoxy) is 1. The molecule has 0 amide bonds. The first kappa shape index (κ1) is 17.4. The van der Waals surface area contributed by atoms with Gasteiger partial charge in [-0.2, -0.15) is 4.98 Å². The van der Waals surface area contributed by atoms with Gasteiger partial charge in [0.25, 0.3) is 0 Å². The quantitative estimate of drug-likeness (QED) is 0.755. The normalized spacial score (nSPS) is 29.6. The molecule has 2 aliphatic heterocycles. The third kappa shape index (κ3) is 3.96. The van der Waals surface area contributed by atoms with Crippen molar-refractivity contribution >= 4 is 21.6 Å². The highest BCUT2D eigenvalue weighted by Gasteiger charge is 2.36. The van der Waals surface area contributed by atoms with Gasteiger partial charge in [-0.1, -0.05) is 0 Å². The summed E-state index contributed by atoms with van der Waals surface area (Å²) in [5, 5.41) is 6.44. The van der Waals surface area contributed by atoms with Crippen molar-refractivity contribution in [3.05, 3.63) is 12.3 Å². The Bertz CT molecular complexity index is 669. The van der Waals surface area contributed by atoms with Gasteiger partial charge in [0.15, 0.2) is 9.84 Å². The van der Waals surface area contributed by atoms with Crippen LogP contribution in [-0.2, 0) is 14.6 Å². The topological polar surface area (TPSA) is 96.5 Å². The van der Waals surface area contributed by atoms with Gasteiger partial charge >= 0.3 is 0 Å². The van der Waals surface area contributed by atoms with Crippen molar-refractivity contribution in [2.75, 3.05) is 49.0 Å². The molecule has 0 saturated carbocycles. The SMILES string of the molecule is CNc1nccc(N2C[C@H](OC)[C@H](NC3CCCS(=O)(=O)C3)C2)n1. The maximum Gasteiger partial charge on any atom is 0.224 e. The van der Waals surface area contributed by atoms with Gasteiger partial charge in [0, 0.05) is 39.5 Å². The Morgan fingerprint density at radius 1 is 1.38 bits per heavy atom. The predicted molar refractivity (Wildman–Crippen MR) is 93.2 cm³/mol. The summed E-state index contributed by atoms with van der Waals surface area (Å²) in [7, 11) is 0.562. The van der Waals surface area contributed by atoms with Gasteiger partial charge < -0.3 is 20.3 Å². The summed E-state index contributed by atoms with van der Waals surface area (Å²) in [5.41, 5.74) is 0. The van der Waals surface area contributed by atoms with Crippen molar-refractivity contribution in [3.63, 3.8) is 0 Å². The largest absolute Gasteiger partial charge is 0.378 e. The molecule has 0 radical (unpaired) electrons. The summed E-state index contributed by atoms with van der Waals surface area (Å²) in [4.78, 5) is 10.7. The van der Waals surface area contributed by atoms with Crippen LogP contribution in [0.25, 0.3) is 0 Å². The molecule has 0 bridgehead atoms. The smallest absolute Gasteiger partial charge is 0.224 e. The molecule has 0 spiro atoms. The molecule has 24 heavy (non-hydrogen) atoms. The first-order valence-electron chi connectivity index (χ1n) is 8.26. The molecule has 1 aromatic rings. The summed E-state index contributed by atoms with van der Waals surface area (Å²) in [6, 6.07) is 1.96. The summed E-state index contributed by atoms with van der Waals surface area (Å²) < 4.78 is 29.3. The van der Waals surface area contributed by atoms with Gasteiger partial charge in [0.05, 0.1) is 23.7 Å². The van der Waals surface area contributed by atoms with Crippen molar-refractivity contribution in [1.82, 2.24) is 15.3 Å². The van der Waals surface area contributed by atoms with E-state index in [2.05, 4.69) is 25.5 Å². The third-order valence-electron chi connectivity index (χ3n) is 4.67. The maximum atomic E-state index is 11.8. The van der Waals surface area contributed by atoms with E-state index in [-0.39, 0.29) is 23.9 Å². The lowest BCUT2D eigenvalue weighted by atomic mass is 10.1. The van der Waals surface area contributed by atoms with Crippen LogP contribution in [0.15, 0.2) is 12.3 Å². The highest BCUT2D eigenvalue weighted by Crippen LogP contribution is 2.22. The van der Waals surface area contributed by atoms with Gasteiger partial charge in [0.1, 0.15) is 5.82 Å². The Morgan fingerprint density at radius 3 is 2.92 bits per heavy atom. The van der Waals surface area contributed by atoms with Crippen LogP contribution in [0.1, 0.15) is 12.8 Å². The monoisotopic (exact) mass is 355 g/mol. The van der Waals surface area contributed by atoms with Crippen molar-refractivity contribution < 1.29 is 13.2 Å². The zero-order valence-corrected chi connectivity index (χ0v) is 14.9. The highest BCUT2D eigenvalue weighted by atomic mass is 32.2. The lowest BCUT2D eigenvalue weighted by Gasteiger charge is -2.28. The summed E-state index contributed by atoms with van der Waals surface area (Å²) in [6.45, 7) is 1.45. The number of anilines is 2. The van der Waals surface area contributed by atoms with E-state index < -0.39 is 9.84 Å². The molecule has 9 heteroatoms. The van der Waals surface area contributed by atoms with Crippen molar-refractivity contribution in [3.8, 4) is 0 Å². The van der Waals surface area contributed by atoms with E-state index in [1.807, 2.05) is 6.07 Å². The van der Waals surface area contributed by atoms with E-state index in [9.17, 15) is 8.42 Å². The zero-order valence-electron chi connectivity index (χ0n) is 14.1. The summed E-state index contributed by atoms with van der Waals surface area (Å²) in [6.07, 6.45) is 3.35. The molecule has 3 rings (SSSR count).